The molecule has 0 amide bonds. The number of amidine groups is 1. The number of nitrogens with zero attached hydrogens (tertiary/aromatic N) is 1. The van der Waals surface area contributed by atoms with Crippen molar-refractivity contribution in [1.82, 2.24) is 5.32 Å². The molecule has 0 atom stereocenters. The van der Waals surface area contributed by atoms with E-state index < -0.39 is 0 Å². The van der Waals surface area contributed by atoms with Gasteiger partial charge in [-0.25, -0.2) is 0 Å². The van der Waals surface area contributed by atoms with Gasteiger partial charge in [0.1, 0.15) is 5.84 Å². The van der Waals surface area contributed by atoms with E-state index in [1.807, 2.05) is 19.1 Å². The van der Waals surface area contributed by atoms with Gasteiger partial charge >= 0.3 is 0 Å². The molecule has 1 N–H and O–H groups in total. The fourth-order valence-corrected chi connectivity index (χ4v) is 1.89. The van der Waals surface area contributed by atoms with Crippen LogP contribution in [0.2, 0.25) is 10.0 Å². The van der Waals surface area contributed by atoms with E-state index in [1.165, 1.54) is 0 Å². The van der Waals surface area contributed by atoms with E-state index in [2.05, 4.69) is 17.2 Å². The number of aliphatic imine (C=N–C) groups is 1. The molecule has 1 aromatic rings. The molecular weight excluding hydrogens is 279 g/mol. The molecule has 0 bridgehead atoms. The fraction of sp³-hybridized carbons (Fsp3) is 0.417. The highest BCUT2D eigenvalue weighted by Gasteiger charge is 2.05. The lowest BCUT2D eigenvalue weighted by Crippen LogP contribution is -2.25. The smallest absolute Gasteiger partial charge is 0.101 e. The third-order valence-corrected chi connectivity index (χ3v) is 2.69. The predicted molar refractivity (Wildman–Crippen MR) is 79.1 cm³/mol. The Hall–Kier alpha value is -0.440. The van der Waals surface area contributed by atoms with E-state index in [9.17, 15) is 0 Å². The van der Waals surface area contributed by atoms with Crippen LogP contribution in [-0.4, -0.2) is 18.9 Å². The van der Waals surface area contributed by atoms with Crippen molar-refractivity contribution in [1.29, 1.82) is 0 Å². The Kier molecular flexibility index (Phi) is 8.40. The third kappa shape index (κ3) is 5.62. The summed E-state index contributed by atoms with van der Waals surface area (Å²) >= 11 is 12.0. The summed E-state index contributed by atoms with van der Waals surface area (Å²) < 4.78 is 0. The number of halogens is 3. The summed E-state index contributed by atoms with van der Waals surface area (Å²) in [7, 11) is 0. The van der Waals surface area contributed by atoms with Crippen LogP contribution < -0.4 is 5.32 Å². The predicted octanol–water partition coefficient (Wildman–Crippen LogP) is 3.99. The van der Waals surface area contributed by atoms with Gasteiger partial charge in [0.15, 0.2) is 0 Å². The zero-order chi connectivity index (χ0) is 12.0. The molecule has 0 saturated heterocycles. The van der Waals surface area contributed by atoms with E-state index >= 15 is 0 Å². The second kappa shape index (κ2) is 8.62. The van der Waals surface area contributed by atoms with Crippen molar-refractivity contribution in [3.63, 3.8) is 0 Å². The maximum Gasteiger partial charge on any atom is 0.101 e. The Bertz CT molecular complexity index is 378. The van der Waals surface area contributed by atoms with Gasteiger partial charge in [-0.05, 0) is 31.5 Å². The van der Waals surface area contributed by atoms with Crippen LogP contribution in [0.4, 0.5) is 0 Å². The van der Waals surface area contributed by atoms with Crippen LogP contribution in [0.5, 0.6) is 0 Å². The first-order chi connectivity index (χ1) is 7.67. The number of hydrogen-bond acceptors (Lipinski definition) is 1. The van der Waals surface area contributed by atoms with Crippen molar-refractivity contribution in [2.24, 2.45) is 4.99 Å². The average molecular weight is 296 g/mol. The van der Waals surface area contributed by atoms with Gasteiger partial charge in [0.25, 0.3) is 0 Å². The first kappa shape index (κ1) is 16.6. The molecule has 96 valence electrons. The van der Waals surface area contributed by atoms with Crippen molar-refractivity contribution in [3.8, 4) is 0 Å². The largest absolute Gasteiger partial charge is 0.374 e. The maximum atomic E-state index is 6.11. The Morgan fingerprint density at radius 1 is 1.29 bits per heavy atom. The van der Waals surface area contributed by atoms with Crippen molar-refractivity contribution in [2.75, 3.05) is 13.1 Å². The fourth-order valence-electron chi connectivity index (χ4n) is 1.41. The minimum atomic E-state index is 0. The lowest BCUT2D eigenvalue weighted by molar-refractivity contribution is 0.922. The summed E-state index contributed by atoms with van der Waals surface area (Å²) in [6, 6.07) is 5.54. The molecule has 1 aromatic carbocycles. The van der Waals surface area contributed by atoms with Gasteiger partial charge in [-0.2, -0.15) is 0 Å². The highest BCUT2D eigenvalue weighted by molar-refractivity contribution is 6.35. The summed E-state index contributed by atoms with van der Waals surface area (Å²) in [5.74, 6) is 0.967. The molecule has 17 heavy (non-hydrogen) atoms. The maximum absolute atomic E-state index is 6.11. The molecular formula is C12H17Cl3N2. The first-order valence-corrected chi connectivity index (χ1v) is 6.14. The standard InChI is InChI=1S/C12H16Cl2N2.ClH/c1-3-15-12(16-4-2)7-9-5-6-10(13)8-11(9)14;/h5-6,8H,3-4,7H2,1-2H3,(H,15,16);1H. The van der Waals surface area contributed by atoms with Crippen LogP contribution in [0, 0.1) is 0 Å². The lowest BCUT2D eigenvalue weighted by atomic mass is 10.1. The van der Waals surface area contributed by atoms with Crippen molar-refractivity contribution in [3.05, 3.63) is 33.8 Å². The van der Waals surface area contributed by atoms with Gasteiger partial charge in [0.2, 0.25) is 0 Å². The number of nitrogens with one attached hydrogen (secondary N) is 1. The monoisotopic (exact) mass is 294 g/mol. The topological polar surface area (TPSA) is 24.4 Å². The Balaban J connectivity index is 0.00000256. The zero-order valence-corrected chi connectivity index (χ0v) is 12.3. The number of hydrogen-bond donors (Lipinski definition) is 1. The molecule has 0 aliphatic rings. The second-order valence-electron chi connectivity index (χ2n) is 3.36. The average Bonchev–Trinajstić information content (AvgIpc) is 2.23. The Morgan fingerprint density at radius 3 is 2.53 bits per heavy atom. The molecule has 0 unspecified atom stereocenters. The van der Waals surface area contributed by atoms with Crippen LogP contribution in [-0.2, 0) is 6.42 Å². The Morgan fingerprint density at radius 2 is 2.00 bits per heavy atom. The van der Waals surface area contributed by atoms with E-state index in [4.69, 9.17) is 23.2 Å². The quantitative estimate of drug-likeness (QED) is 0.659. The number of rotatable bonds is 4. The van der Waals surface area contributed by atoms with E-state index in [-0.39, 0.29) is 12.4 Å². The molecule has 5 heteroatoms. The van der Waals surface area contributed by atoms with E-state index in [1.54, 1.807) is 6.07 Å². The molecule has 2 nitrogen and oxygen atoms in total. The van der Waals surface area contributed by atoms with Gasteiger partial charge < -0.3 is 5.32 Å². The highest BCUT2D eigenvalue weighted by Crippen LogP contribution is 2.21. The van der Waals surface area contributed by atoms with Crippen LogP contribution in [0.1, 0.15) is 19.4 Å². The van der Waals surface area contributed by atoms with Gasteiger partial charge in [-0.15, -0.1) is 12.4 Å². The summed E-state index contributed by atoms with van der Waals surface area (Å²) in [4.78, 5) is 4.39. The molecule has 0 saturated carbocycles. The van der Waals surface area contributed by atoms with Gasteiger partial charge in [-0.3, -0.25) is 4.99 Å². The third-order valence-electron chi connectivity index (χ3n) is 2.10. The van der Waals surface area contributed by atoms with Crippen LogP contribution in [0.25, 0.3) is 0 Å². The molecule has 1 rings (SSSR count). The second-order valence-corrected chi connectivity index (χ2v) is 4.21. The van der Waals surface area contributed by atoms with Gasteiger partial charge in [0, 0.05) is 29.6 Å². The molecule has 0 aliphatic heterocycles. The number of likely N-dealkylation sites (N-methyl/N-ethyl adjacent to an activating group) is 1. The highest BCUT2D eigenvalue weighted by atomic mass is 35.5. The van der Waals surface area contributed by atoms with Gasteiger partial charge in [-0.1, -0.05) is 29.3 Å². The van der Waals surface area contributed by atoms with Gasteiger partial charge in [0.05, 0.1) is 0 Å². The first-order valence-electron chi connectivity index (χ1n) is 5.38. The molecule has 0 heterocycles. The lowest BCUT2D eigenvalue weighted by Gasteiger charge is -2.09. The SMILES string of the molecule is CCN=C(Cc1ccc(Cl)cc1Cl)NCC.Cl. The van der Waals surface area contributed by atoms with E-state index in [0.717, 1.165) is 30.9 Å². The summed E-state index contributed by atoms with van der Waals surface area (Å²) in [6.45, 7) is 5.70. The minimum Gasteiger partial charge on any atom is -0.374 e. The van der Waals surface area contributed by atoms with Crippen molar-refractivity contribution in [2.45, 2.75) is 20.3 Å². The summed E-state index contributed by atoms with van der Waals surface area (Å²) in [5.41, 5.74) is 1.04. The van der Waals surface area contributed by atoms with Crippen LogP contribution in [0.15, 0.2) is 23.2 Å². The molecule has 0 radical (unpaired) electrons. The minimum absolute atomic E-state index is 0. The van der Waals surface area contributed by atoms with Crippen LogP contribution in [0.3, 0.4) is 0 Å². The molecule has 0 fully saturated rings. The summed E-state index contributed by atoms with van der Waals surface area (Å²) in [5, 5.41) is 4.58. The van der Waals surface area contributed by atoms with E-state index in [0.29, 0.717) is 10.0 Å². The van der Waals surface area contributed by atoms with Crippen LogP contribution >= 0.6 is 35.6 Å². The normalized spacial score (nSPS) is 10.9. The molecule has 0 spiro atoms. The number of benzene rings is 1. The zero-order valence-electron chi connectivity index (χ0n) is 9.96. The summed E-state index contributed by atoms with van der Waals surface area (Å²) in [6.07, 6.45) is 0.720. The van der Waals surface area contributed by atoms with Crippen molar-refractivity contribution >= 4 is 41.4 Å². The Labute approximate surface area is 119 Å². The molecule has 0 aliphatic carbocycles. The van der Waals surface area contributed by atoms with Crippen molar-refractivity contribution < 1.29 is 0 Å². The molecule has 0 aromatic heterocycles.